The number of thioether (sulfide) groups is 1. The molecule has 0 aliphatic carbocycles. The first-order valence-electron chi connectivity index (χ1n) is 9.60. The number of hydrogen-bond acceptors (Lipinski definition) is 5. The summed E-state index contributed by atoms with van der Waals surface area (Å²) in [6, 6.07) is 12.6. The Morgan fingerprint density at radius 1 is 1.27 bits per heavy atom. The van der Waals surface area contributed by atoms with Crippen LogP contribution in [0, 0.1) is 5.92 Å². The number of hydrogen-bond donors (Lipinski definition) is 1. The van der Waals surface area contributed by atoms with Gasteiger partial charge in [0.05, 0.1) is 23.8 Å². The minimum absolute atomic E-state index is 0.121. The lowest BCUT2D eigenvalue weighted by Crippen LogP contribution is -2.27. The van der Waals surface area contributed by atoms with Gasteiger partial charge in [-0.3, -0.25) is 14.2 Å². The van der Waals surface area contributed by atoms with Gasteiger partial charge in [0.1, 0.15) is 5.75 Å². The molecule has 0 bridgehead atoms. The number of carbonyl (C=O) groups is 1. The number of fused-ring (bicyclic) bond motifs is 1. The molecular formula is C22H24ClN3O3S. The van der Waals surface area contributed by atoms with Crippen molar-refractivity contribution in [3.8, 4) is 5.75 Å². The lowest BCUT2D eigenvalue weighted by Gasteiger charge is -2.15. The zero-order chi connectivity index (χ0) is 21.7. The molecule has 158 valence electrons. The molecular weight excluding hydrogens is 422 g/mol. The van der Waals surface area contributed by atoms with Gasteiger partial charge in [-0.05, 0) is 41.8 Å². The van der Waals surface area contributed by atoms with Gasteiger partial charge < -0.3 is 10.1 Å². The molecule has 1 aromatic heterocycles. The number of amides is 1. The van der Waals surface area contributed by atoms with Gasteiger partial charge in [0.15, 0.2) is 5.16 Å². The van der Waals surface area contributed by atoms with Crippen LogP contribution < -0.4 is 15.6 Å². The molecule has 0 aliphatic heterocycles. The van der Waals surface area contributed by atoms with Gasteiger partial charge >= 0.3 is 0 Å². The fourth-order valence-electron chi connectivity index (χ4n) is 2.97. The molecule has 3 aromatic rings. The van der Waals surface area contributed by atoms with Gasteiger partial charge in [-0.2, -0.15) is 0 Å². The molecule has 0 radical (unpaired) electrons. The maximum Gasteiger partial charge on any atom is 0.262 e. The van der Waals surface area contributed by atoms with E-state index in [1.165, 1.54) is 11.8 Å². The standard InChI is InChI=1S/C22H24ClN3O3S/c1-14(2)12-26-21(28)18-8-7-16(23)10-19(18)25-22(26)30-13-20(27)24-11-15-5-4-6-17(9-15)29-3/h4-10,14H,11-13H2,1-3H3,(H,24,27). The maximum absolute atomic E-state index is 13.0. The van der Waals surface area contributed by atoms with Crippen molar-refractivity contribution in [3.05, 3.63) is 63.4 Å². The van der Waals surface area contributed by atoms with Gasteiger partial charge in [0.25, 0.3) is 5.56 Å². The van der Waals surface area contributed by atoms with Gasteiger partial charge in [0, 0.05) is 18.1 Å². The van der Waals surface area contributed by atoms with Crippen LogP contribution in [0.25, 0.3) is 10.9 Å². The summed E-state index contributed by atoms with van der Waals surface area (Å²) >= 11 is 7.31. The van der Waals surface area contributed by atoms with Crippen molar-refractivity contribution >= 4 is 40.2 Å². The van der Waals surface area contributed by atoms with E-state index in [2.05, 4.69) is 10.3 Å². The van der Waals surface area contributed by atoms with Crippen LogP contribution in [0.15, 0.2) is 52.4 Å². The fraction of sp³-hybridized carbons (Fsp3) is 0.318. The van der Waals surface area contributed by atoms with Gasteiger partial charge in [0.2, 0.25) is 5.91 Å². The number of nitrogens with one attached hydrogen (secondary N) is 1. The number of aromatic nitrogens is 2. The van der Waals surface area contributed by atoms with E-state index in [1.54, 1.807) is 29.9 Å². The van der Waals surface area contributed by atoms with Crippen molar-refractivity contribution in [3.63, 3.8) is 0 Å². The molecule has 6 nitrogen and oxygen atoms in total. The number of methoxy groups -OCH3 is 1. The van der Waals surface area contributed by atoms with Crippen LogP contribution in [0.5, 0.6) is 5.75 Å². The smallest absolute Gasteiger partial charge is 0.262 e. The van der Waals surface area contributed by atoms with Crippen LogP contribution in [0.2, 0.25) is 5.02 Å². The Balaban J connectivity index is 1.75. The minimum Gasteiger partial charge on any atom is -0.497 e. The van der Waals surface area contributed by atoms with E-state index < -0.39 is 0 Å². The first kappa shape index (κ1) is 22.2. The number of carbonyl (C=O) groups excluding carboxylic acids is 1. The molecule has 1 heterocycles. The monoisotopic (exact) mass is 445 g/mol. The summed E-state index contributed by atoms with van der Waals surface area (Å²) in [7, 11) is 1.61. The summed E-state index contributed by atoms with van der Waals surface area (Å²) in [6.45, 7) is 5.00. The Morgan fingerprint density at radius 3 is 2.80 bits per heavy atom. The molecule has 0 aliphatic rings. The Kier molecular flexibility index (Phi) is 7.39. The summed E-state index contributed by atoms with van der Waals surface area (Å²) in [5.74, 6) is 1.02. The molecule has 1 N–H and O–H groups in total. The van der Waals surface area contributed by atoms with Crippen LogP contribution in [-0.2, 0) is 17.9 Å². The molecule has 2 aromatic carbocycles. The number of nitrogens with zero attached hydrogens (tertiary/aromatic N) is 2. The Morgan fingerprint density at radius 2 is 2.07 bits per heavy atom. The van der Waals surface area contributed by atoms with Crippen LogP contribution in [0.1, 0.15) is 19.4 Å². The van der Waals surface area contributed by atoms with Crippen molar-refractivity contribution in [2.45, 2.75) is 32.1 Å². The number of benzene rings is 2. The van der Waals surface area contributed by atoms with Crippen molar-refractivity contribution < 1.29 is 9.53 Å². The first-order valence-corrected chi connectivity index (χ1v) is 11.0. The molecule has 30 heavy (non-hydrogen) atoms. The Labute approximate surface area is 184 Å². The van der Waals surface area contributed by atoms with Crippen molar-refractivity contribution in [2.75, 3.05) is 12.9 Å². The quantitative estimate of drug-likeness (QED) is 0.417. The lowest BCUT2D eigenvalue weighted by molar-refractivity contribution is -0.118. The zero-order valence-electron chi connectivity index (χ0n) is 17.1. The minimum atomic E-state index is -0.139. The van der Waals surface area contributed by atoms with E-state index in [4.69, 9.17) is 16.3 Å². The second kappa shape index (κ2) is 10.00. The van der Waals surface area contributed by atoms with Crippen molar-refractivity contribution in [1.29, 1.82) is 0 Å². The third-order valence-corrected chi connectivity index (χ3v) is 5.60. The molecule has 8 heteroatoms. The average Bonchev–Trinajstić information content (AvgIpc) is 2.72. The number of ether oxygens (including phenoxy) is 1. The van der Waals surface area contributed by atoms with Gasteiger partial charge in [-0.25, -0.2) is 4.98 Å². The topological polar surface area (TPSA) is 73.2 Å². The second-order valence-electron chi connectivity index (χ2n) is 7.28. The molecule has 0 unspecified atom stereocenters. The highest BCUT2D eigenvalue weighted by atomic mass is 35.5. The molecule has 0 fully saturated rings. The van der Waals surface area contributed by atoms with Crippen LogP contribution in [-0.4, -0.2) is 28.3 Å². The van der Waals surface area contributed by atoms with E-state index >= 15 is 0 Å². The summed E-state index contributed by atoms with van der Waals surface area (Å²) in [4.78, 5) is 30.0. The van der Waals surface area contributed by atoms with Crippen LogP contribution in [0.3, 0.4) is 0 Å². The SMILES string of the molecule is COc1cccc(CNC(=O)CSc2nc3cc(Cl)ccc3c(=O)n2CC(C)C)c1. The predicted molar refractivity (Wildman–Crippen MR) is 121 cm³/mol. The van der Waals surface area contributed by atoms with E-state index in [0.717, 1.165) is 11.3 Å². The van der Waals surface area contributed by atoms with E-state index in [1.807, 2.05) is 38.1 Å². The van der Waals surface area contributed by atoms with Gasteiger partial charge in [-0.1, -0.05) is 49.3 Å². The Hall–Kier alpha value is -2.51. The first-order chi connectivity index (χ1) is 14.4. The normalized spacial score (nSPS) is 11.1. The highest BCUT2D eigenvalue weighted by Gasteiger charge is 2.14. The molecule has 0 saturated heterocycles. The third kappa shape index (κ3) is 5.55. The number of halogens is 1. The summed E-state index contributed by atoms with van der Waals surface area (Å²) in [5, 5.41) is 4.44. The molecule has 3 rings (SSSR count). The lowest BCUT2D eigenvalue weighted by atomic mass is 10.2. The molecule has 0 spiro atoms. The summed E-state index contributed by atoms with van der Waals surface area (Å²) < 4.78 is 6.84. The van der Waals surface area contributed by atoms with E-state index in [9.17, 15) is 9.59 Å². The fourth-order valence-corrected chi connectivity index (χ4v) is 3.98. The number of rotatable bonds is 8. The highest BCUT2D eigenvalue weighted by Crippen LogP contribution is 2.21. The summed E-state index contributed by atoms with van der Waals surface area (Å²) in [5.41, 5.74) is 1.36. The van der Waals surface area contributed by atoms with Crippen molar-refractivity contribution in [1.82, 2.24) is 14.9 Å². The second-order valence-corrected chi connectivity index (χ2v) is 8.66. The molecule has 1 amide bonds. The van der Waals surface area contributed by atoms with Gasteiger partial charge in [-0.15, -0.1) is 0 Å². The zero-order valence-corrected chi connectivity index (χ0v) is 18.7. The van der Waals surface area contributed by atoms with Crippen molar-refractivity contribution in [2.24, 2.45) is 5.92 Å². The van der Waals surface area contributed by atoms with E-state index in [-0.39, 0.29) is 23.1 Å². The predicted octanol–water partition coefficient (Wildman–Crippen LogP) is 4.12. The molecule has 0 saturated carbocycles. The molecule has 0 atom stereocenters. The average molecular weight is 446 g/mol. The summed E-state index contributed by atoms with van der Waals surface area (Å²) in [6.07, 6.45) is 0. The van der Waals surface area contributed by atoms with Crippen LogP contribution >= 0.6 is 23.4 Å². The highest BCUT2D eigenvalue weighted by molar-refractivity contribution is 7.99. The van der Waals surface area contributed by atoms with Crippen LogP contribution in [0.4, 0.5) is 0 Å². The Bertz CT molecular complexity index is 1110. The largest absolute Gasteiger partial charge is 0.497 e. The van der Waals surface area contributed by atoms with E-state index in [0.29, 0.717) is 34.2 Å². The third-order valence-electron chi connectivity index (χ3n) is 4.39. The maximum atomic E-state index is 13.0.